The fourth-order valence-corrected chi connectivity index (χ4v) is 1.75. The lowest BCUT2D eigenvalue weighted by atomic mass is 10.0. The highest BCUT2D eigenvalue weighted by Gasteiger charge is 2.62. The lowest BCUT2D eigenvalue weighted by molar-refractivity contribution is -0.268. The molecule has 0 atom stereocenters. The Morgan fingerprint density at radius 1 is 1.05 bits per heavy atom. The summed E-state index contributed by atoms with van der Waals surface area (Å²) in [5.41, 5.74) is 0.512. The summed E-state index contributed by atoms with van der Waals surface area (Å²) in [7, 11) is 0. The summed E-state index contributed by atoms with van der Waals surface area (Å²) in [6.45, 7) is 0. The van der Waals surface area contributed by atoms with Crippen molar-refractivity contribution < 1.29 is 26.7 Å². The van der Waals surface area contributed by atoms with Gasteiger partial charge in [-0.3, -0.25) is 9.78 Å². The van der Waals surface area contributed by atoms with Crippen LogP contribution in [0.1, 0.15) is 5.56 Å². The van der Waals surface area contributed by atoms with Gasteiger partial charge < -0.3 is 0 Å². The van der Waals surface area contributed by atoms with Crippen LogP contribution in [-0.2, 0) is 11.2 Å². The molecule has 0 saturated heterocycles. The molecule has 2 rings (SSSR count). The molecule has 0 bridgehead atoms. The molecule has 1 heterocycles. The first-order valence-electron chi connectivity index (χ1n) is 5.54. The van der Waals surface area contributed by atoms with E-state index >= 15 is 0 Å². The molecular formula is C13H8F5NO. The van der Waals surface area contributed by atoms with Crippen LogP contribution in [0.4, 0.5) is 22.0 Å². The molecule has 106 valence electrons. The fraction of sp³-hybridized carbons (Fsp3) is 0.231. The van der Waals surface area contributed by atoms with Crippen molar-refractivity contribution in [2.75, 3.05) is 0 Å². The first kappa shape index (κ1) is 14.4. The normalized spacial score (nSPS) is 12.7. The summed E-state index contributed by atoms with van der Waals surface area (Å²) in [6, 6.07) is 7.57. The molecule has 20 heavy (non-hydrogen) atoms. The number of ketones is 1. The number of nitrogens with zero attached hydrogens (tertiary/aromatic N) is 1. The third-order valence-electron chi connectivity index (χ3n) is 2.80. The largest absolute Gasteiger partial charge is 0.461 e. The summed E-state index contributed by atoms with van der Waals surface area (Å²) < 4.78 is 62.2. The Hall–Kier alpha value is -2.05. The summed E-state index contributed by atoms with van der Waals surface area (Å²) in [5, 5.41) is 0.376. The average Bonchev–Trinajstić information content (AvgIpc) is 2.37. The molecule has 1 aromatic carbocycles. The Labute approximate surface area is 110 Å². The quantitative estimate of drug-likeness (QED) is 0.809. The van der Waals surface area contributed by atoms with E-state index in [1.807, 2.05) is 0 Å². The van der Waals surface area contributed by atoms with E-state index in [0.29, 0.717) is 10.9 Å². The van der Waals surface area contributed by atoms with Gasteiger partial charge in [0.05, 0.1) is 5.52 Å². The molecule has 0 aliphatic heterocycles. The number of carbonyl (C=O) groups excluding carboxylic acids is 1. The second-order valence-electron chi connectivity index (χ2n) is 4.16. The summed E-state index contributed by atoms with van der Waals surface area (Å²) in [5.74, 6) is -7.53. The molecule has 1 aromatic heterocycles. The van der Waals surface area contributed by atoms with E-state index in [1.165, 1.54) is 18.3 Å². The van der Waals surface area contributed by atoms with Gasteiger partial charge in [-0.15, -0.1) is 0 Å². The van der Waals surface area contributed by atoms with E-state index < -0.39 is 24.3 Å². The first-order valence-corrected chi connectivity index (χ1v) is 5.54. The molecule has 0 aliphatic carbocycles. The molecule has 0 fully saturated rings. The summed E-state index contributed by atoms with van der Waals surface area (Å²) in [4.78, 5) is 15.2. The van der Waals surface area contributed by atoms with Crippen molar-refractivity contribution in [3.63, 3.8) is 0 Å². The number of fused-ring (bicyclic) bond motifs is 1. The molecule has 0 unspecified atom stereocenters. The number of aromatic nitrogens is 1. The van der Waals surface area contributed by atoms with Gasteiger partial charge in [-0.25, -0.2) is 0 Å². The second kappa shape index (κ2) is 4.81. The minimum absolute atomic E-state index is 0.0875. The summed E-state index contributed by atoms with van der Waals surface area (Å²) >= 11 is 0. The van der Waals surface area contributed by atoms with Gasteiger partial charge in [0.15, 0.2) is 0 Å². The number of alkyl halides is 5. The van der Waals surface area contributed by atoms with Crippen LogP contribution in [0.15, 0.2) is 36.5 Å². The Morgan fingerprint density at radius 3 is 2.35 bits per heavy atom. The Kier molecular flexibility index (Phi) is 3.45. The number of pyridine rings is 1. The molecular weight excluding hydrogens is 281 g/mol. The Balaban J connectivity index is 2.36. The number of hydrogen-bond donors (Lipinski definition) is 0. The number of carbonyl (C=O) groups is 1. The highest BCUT2D eigenvalue weighted by atomic mass is 19.4. The lowest BCUT2D eigenvalue weighted by Crippen LogP contribution is -2.44. The van der Waals surface area contributed by atoms with Gasteiger partial charge in [-0.2, -0.15) is 22.0 Å². The third-order valence-corrected chi connectivity index (χ3v) is 2.80. The number of benzene rings is 1. The predicted molar refractivity (Wildman–Crippen MR) is 61.5 cm³/mol. The molecule has 0 aliphatic rings. The molecule has 0 radical (unpaired) electrons. The number of para-hydroxylation sites is 1. The SMILES string of the molecule is O=C(Cc1ccnc2ccccc12)C(F)(F)C(F)(F)F. The maximum atomic E-state index is 12.9. The minimum atomic E-state index is -5.88. The van der Waals surface area contributed by atoms with E-state index in [4.69, 9.17) is 0 Å². The van der Waals surface area contributed by atoms with Gasteiger partial charge in [0, 0.05) is 18.0 Å². The van der Waals surface area contributed by atoms with Crippen LogP contribution in [-0.4, -0.2) is 22.9 Å². The van der Waals surface area contributed by atoms with Gasteiger partial charge in [-0.1, -0.05) is 18.2 Å². The fourth-order valence-electron chi connectivity index (χ4n) is 1.75. The van der Waals surface area contributed by atoms with Gasteiger partial charge in [0.25, 0.3) is 0 Å². The molecule has 0 amide bonds. The van der Waals surface area contributed by atoms with Crippen molar-refractivity contribution in [2.24, 2.45) is 0 Å². The van der Waals surface area contributed by atoms with Gasteiger partial charge in [0.1, 0.15) is 0 Å². The van der Waals surface area contributed by atoms with Gasteiger partial charge in [-0.05, 0) is 17.7 Å². The maximum Gasteiger partial charge on any atom is 0.461 e. The van der Waals surface area contributed by atoms with Crippen molar-refractivity contribution in [1.29, 1.82) is 0 Å². The second-order valence-corrected chi connectivity index (χ2v) is 4.16. The molecule has 0 N–H and O–H groups in total. The highest BCUT2D eigenvalue weighted by molar-refractivity contribution is 5.92. The zero-order chi connectivity index (χ0) is 15.0. The van der Waals surface area contributed by atoms with Crippen molar-refractivity contribution >= 4 is 16.7 Å². The van der Waals surface area contributed by atoms with Crippen LogP contribution < -0.4 is 0 Å². The van der Waals surface area contributed by atoms with Crippen molar-refractivity contribution in [3.05, 3.63) is 42.1 Å². The smallest absolute Gasteiger partial charge is 0.292 e. The first-order chi connectivity index (χ1) is 9.23. The Morgan fingerprint density at radius 2 is 1.70 bits per heavy atom. The topological polar surface area (TPSA) is 30.0 Å². The van der Waals surface area contributed by atoms with E-state index in [0.717, 1.165) is 0 Å². The van der Waals surface area contributed by atoms with Crippen molar-refractivity contribution in [1.82, 2.24) is 4.98 Å². The van der Waals surface area contributed by atoms with Gasteiger partial charge >= 0.3 is 12.1 Å². The molecule has 2 aromatic rings. The maximum absolute atomic E-state index is 12.9. The summed E-state index contributed by atoms with van der Waals surface area (Å²) in [6.07, 6.45) is -5.63. The van der Waals surface area contributed by atoms with Crippen LogP contribution in [0.5, 0.6) is 0 Å². The molecule has 2 nitrogen and oxygen atoms in total. The predicted octanol–water partition coefficient (Wildman–Crippen LogP) is 3.54. The number of Topliss-reactive ketones (excluding diaryl/α,β-unsaturated/α-hetero) is 1. The number of halogens is 5. The average molecular weight is 289 g/mol. The van der Waals surface area contributed by atoms with E-state index in [1.54, 1.807) is 18.2 Å². The van der Waals surface area contributed by atoms with Gasteiger partial charge in [0.2, 0.25) is 5.78 Å². The van der Waals surface area contributed by atoms with Crippen LogP contribution in [0.3, 0.4) is 0 Å². The van der Waals surface area contributed by atoms with Crippen LogP contribution in [0.2, 0.25) is 0 Å². The van der Waals surface area contributed by atoms with Crippen LogP contribution >= 0.6 is 0 Å². The van der Waals surface area contributed by atoms with Crippen molar-refractivity contribution in [3.8, 4) is 0 Å². The van der Waals surface area contributed by atoms with Crippen molar-refractivity contribution in [2.45, 2.75) is 18.5 Å². The van der Waals surface area contributed by atoms with Crippen LogP contribution in [0.25, 0.3) is 10.9 Å². The van der Waals surface area contributed by atoms with Crippen LogP contribution in [0, 0.1) is 0 Å². The lowest BCUT2D eigenvalue weighted by Gasteiger charge is -2.18. The van der Waals surface area contributed by atoms with E-state index in [2.05, 4.69) is 4.98 Å². The number of hydrogen-bond acceptors (Lipinski definition) is 2. The molecule has 7 heteroatoms. The molecule has 0 saturated carbocycles. The number of rotatable bonds is 3. The zero-order valence-electron chi connectivity index (χ0n) is 9.92. The third kappa shape index (κ3) is 2.48. The standard InChI is InChI=1S/C13H8F5NO/c14-12(15,13(16,17)18)11(20)7-8-5-6-19-10-4-2-1-3-9(8)10/h1-6H,7H2. The zero-order valence-corrected chi connectivity index (χ0v) is 9.92. The van der Waals surface area contributed by atoms with E-state index in [-0.39, 0.29) is 5.56 Å². The van der Waals surface area contributed by atoms with E-state index in [9.17, 15) is 26.7 Å². The highest BCUT2D eigenvalue weighted by Crippen LogP contribution is 2.37. The molecule has 0 spiro atoms. The monoisotopic (exact) mass is 289 g/mol. The Bertz CT molecular complexity index is 645. The minimum Gasteiger partial charge on any atom is -0.292 e.